The Morgan fingerprint density at radius 2 is 1.96 bits per heavy atom. The van der Waals surface area contributed by atoms with Gasteiger partial charge in [-0.2, -0.15) is 14.4 Å². The average Bonchev–Trinajstić information content (AvgIpc) is 3.34. The fraction of sp³-hybridized carbons (Fsp3) is 0.647. The van der Waals surface area contributed by atoms with Gasteiger partial charge in [-0.15, -0.1) is 0 Å². The smallest absolute Gasteiger partial charge is 0.243 e. The van der Waals surface area contributed by atoms with Gasteiger partial charge in [0.25, 0.3) is 0 Å². The third-order valence-corrected chi connectivity index (χ3v) is 5.21. The minimum atomic E-state index is -0.749. The molecule has 2 fully saturated rings. The van der Waals surface area contributed by atoms with Gasteiger partial charge in [0.2, 0.25) is 23.4 Å². The SMILES string of the molecule is O=CN(O)C[C@@H](CC1CCCC1)C(=O)NNc1nc(Cl)nc(NC2CC2)c1F. The quantitative estimate of drug-likeness (QED) is 0.201. The Labute approximate surface area is 167 Å². The van der Waals surface area contributed by atoms with Crippen molar-refractivity contribution >= 4 is 35.6 Å². The molecule has 0 aliphatic heterocycles. The van der Waals surface area contributed by atoms with Crippen molar-refractivity contribution in [2.75, 3.05) is 17.3 Å². The van der Waals surface area contributed by atoms with Gasteiger partial charge < -0.3 is 5.32 Å². The molecule has 4 N–H and O–H groups in total. The third kappa shape index (κ3) is 5.65. The summed E-state index contributed by atoms with van der Waals surface area (Å²) in [6.07, 6.45) is 6.87. The standard InChI is InChI=1S/C17H24ClFN6O3/c18-17-21-14(20-12-5-6-12)13(19)15(22-17)23-24-16(27)11(8-25(28)9-26)7-10-3-1-2-4-10/h9-12,28H,1-8H2,(H,24,27)(H2,20,21,22,23)/t11-/m1/s1. The summed E-state index contributed by atoms with van der Waals surface area (Å²) in [5, 5.41) is 12.7. The Kier molecular flexibility index (Phi) is 6.84. The number of hydrogen-bond donors (Lipinski definition) is 4. The van der Waals surface area contributed by atoms with Gasteiger partial charge in [-0.1, -0.05) is 25.7 Å². The summed E-state index contributed by atoms with van der Waals surface area (Å²) < 4.78 is 14.5. The number of halogens is 2. The summed E-state index contributed by atoms with van der Waals surface area (Å²) in [5.41, 5.74) is 4.85. The van der Waals surface area contributed by atoms with E-state index in [1.54, 1.807) is 0 Å². The molecule has 1 aromatic rings. The van der Waals surface area contributed by atoms with Crippen molar-refractivity contribution in [3.8, 4) is 0 Å². The number of nitrogens with one attached hydrogen (secondary N) is 3. The van der Waals surface area contributed by atoms with Crippen LogP contribution in [0, 0.1) is 17.7 Å². The Bertz CT molecular complexity index is 714. The van der Waals surface area contributed by atoms with Crippen molar-refractivity contribution in [2.45, 2.75) is 51.0 Å². The van der Waals surface area contributed by atoms with Crippen LogP contribution >= 0.6 is 11.6 Å². The highest BCUT2D eigenvalue weighted by Crippen LogP contribution is 2.31. The number of hydrazine groups is 1. The van der Waals surface area contributed by atoms with E-state index in [2.05, 4.69) is 26.1 Å². The normalized spacial score (nSPS) is 17.8. The molecule has 0 aromatic carbocycles. The summed E-state index contributed by atoms with van der Waals surface area (Å²) in [4.78, 5) is 30.9. The first-order chi connectivity index (χ1) is 13.5. The van der Waals surface area contributed by atoms with E-state index in [0.717, 1.165) is 38.5 Å². The van der Waals surface area contributed by atoms with Crippen LogP contribution in [0.2, 0.25) is 5.28 Å². The first kappa shape index (κ1) is 20.5. The monoisotopic (exact) mass is 414 g/mol. The molecule has 1 heterocycles. The first-order valence-corrected chi connectivity index (χ1v) is 9.80. The summed E-state index contributed by atoms with van der Waals surface area (Å²) in [6, 6.07) is 0.164. The second-order valence-corrected chi connectivity index (χ2v) is 7.69. The van der Waals surface area contributed by atoms with Crippen LogP contribution in [0.25, 0.3) is 0 Å². The zero-order valence-corrected chi connectivity index (χ0v) is 16.1. The molecule has 0 spiro atoms. The number of nitrogens with zero attached hydrogens (tertiary/aromatic N) is 3. The van der Waals surface area contributed by atoms with Gasteiger partial charge in [0, 0.05) is 6.04 Å². The molecule has 0 unspecified atom stereocenters. The molecule has 154 valence electrons. The molecule has 28 heavy (non-hydrogen) atoms. The van der Waals surface area contributed by atoms with E-state index in [-0.39, 0.29) is 35.9 Å². The van der Waals surface area contributed by atoms with E-state index < -0.39 is 17.6 Å². The number of rotatable bonds is 10. The van der Waals surface area contributed by atoms with Gasteiger partial charge in [-0.05, 0) is 36.8 Å². The Morgan fingerprint density at radius 1 is 1.29 bits per heavy atom. The third-order valence-electron chi connectivity index (χ3n) is 5.04. The van der Waals surface area contributed by atoms with Crippen LogP contribution in [-0.2, 0) is 9.59 Å². The lowest BCUT2D eigenvalue weighted by Crippen LogP contribution is -2.41. The molecule has 2 saturated carbocycles. The van der Waals surface area contributed by atoms with E-state index in [9.17, 15) is 19.2 Å². The predicted molar refractivity (Wildman–Crippen MR) is 100 cm³/mol. The Balaban J connectivity index is 1.63. The van der Waals surface area contributed by atoms with Crippen LogP contribution in [-0.4, -0.2) is 45.1 Å². The van der Waals surface area contributed by atoms with E-state index in [1.807, 2.05) is 0 Å². The topological polar surface area (TPSA) is 119 Å². The van der Waals surface area contributed by atoms with Crippen molar-refractivity contribution in [3.63, 3.8) is 0 Å². The first-order valence-electron chi connectivity index (χ1n) is 9.42. The molecule has 0 saturated heterocycles. The van der Waals surface area contributed by atoms with E-state index in [4.69, 9.17) is 11.6 Å². The Morgan fingerprint density at radius 3 is 2.61 bits per heavy atom. The van der Waals surface area contributed by atoms with Crippen molar-refractivity contribution in [1.82, 2.24) is 20.5 Å². The lowest BCUT2D eigenvalue weighted by atomic mass is 9.92. The van der Waals surface area contributed by atoms with Gasteiger partial charge in [0.05, 0.1) is 12.5 Å². The number of amides is 2. The molecule has 1 atom stereocenters. The molecule has 2 amide bonds. The van der Waals surface area contributed by atoms with Crippen LogP contribution in [0.4, 0.5) is 16.0 Å². The average molecular weight is 415 g/mol. The summed E-state index contributed by atoms with van der Waals surface area (Å²) in [5.74, 6) is -1.79. The molecule has 9 nitrogen and oxygen atoms in total. The molecule has 0 radical (unpaired) electrons. The molecule has 0 bridgehead atoms. The maximum Gasteiger partial charge on any atom is 0.243 e. The van der Waals surface area contributed by atoms with Crippen LogP contribution in [0.5, 0.6) is 0 Å². The largest absolute Gasteiger partial charge is 0.365 e. The highest BCUT2D eigenvalue weighted by Gasteiger charge is 2.28. The lowest BCUT2D eigenvalue weighted by molar-refractivity contribution is -0.154. The van der Waals surface area contributed by atoms with Crippen molar-refractivity contribution in [3.05, 3.63) is 11.1 Å². The predicted octanol–water partition coefficient (Wildman–Crippen LogP) is 2.33. The van der Waals surface area contributed by atoms with Crippen LogP contribution < -0.4 is 16.2 Å². The fourth-order valence-corrected chi connectivity index (χ4v) is 3.59. The summed E-state index contributed by atoms with van der Waals surface area (Å²) >= 11 is 5.84. The highest BCUT2D eigenvalue weighted by molar-refractivity contribution is 6.28. The maximum atomic E-state index is 14.5. The molecule has 3 rings (SSSR count). The minimum Gasteiger partial charge on any atom is -0.365 e. The van der Waals surface area contributed by atoms with Gasteiger partial charge >= 0.3 is 0 Å². The van der Waals surface area contributed by atoms with Gasteiger partial charge in [-0.3, -0.25) is 25.6 Å². The van der Waals surface area contributed by atoms with Crippen LogP contribution in [0.3, 0.4) is 0 Å². The van der Waals surface area contributed by atoms with Crippen molar-refractivity contribution in [2.24, 2.45) is 11.8 Å². The molecule has 11 heteroatoms. The van der Waals surface area contributed by atoms with Gasteiger partial charge in [0.15, 0.2) is 11.6 Å². The molecule has 1 aromatic heterocycles. The number of hydrogen-bond acceptors (Lipinski definition) is 7. The summed E-state index contributed by atoms with van der Waals surface area (Å²) in [7, 11) is 0. The fourth-order valence-electron chi connectivity index (χ4n) is 3.42. The molecule has 2 aliphatic rings. The lowest BCUT2D eigenvalue weighted by Gasteiger charge is -2.22. The van der Waals surface area contributed by atoms with Crippen LogP contribution in [0.15, 0.2) is 0 Å². The summed E-state index contributed by atoms with van der Waals surface area (Å²) in [6.45, 7) is -0.144. The number of aromatic nitrogens is 2. The number of carbonyl (C=O) groups excluding carboxylic acids is 2. The van der Waals surface area contributed by atoms with E-state index in [1.165, 1.54) is 0 Å². The number of anilines is 2. The van der Waals surface area contributed by atoms with Crippen molar-refractivity contribution < 1.29 is 19.2 Å². The van der Waals surface area contributed by atoms with E-state index >= 15 is 0 Å². The molecule has 2 aliphatic carbocycles. The Hall–Kier alpha value is -2.20. The molecular formula is C17H24ClFN6O3. The van der Waals surface area contributed by atoms with Crippen LogP contribution in [0.1, 0.15) is 44.9 Å². The van der Waals surface area contributed by atoms with Gasteiger partial charge in [-0.25, -0.2) is 5.06 Å². The second-order valence-electron chi connectivity index (χ2n) is 7.35. The second kappa shape index (κ2) is 9.33. The minimum absolute atomic E-state index is 0.0238. The maximum absolute atomic E-state index is 14.5. The number of hydroxylamine groups is 2. The zero-order valence-electron chi connectivity index (χ0n) is 15.3. The molecular weight excluding hydrogens is 391 g/mol. The van der Waals surface area contributed by atoms with Crippen molar-refractivity contribution in [1.29, 1.82) is 0 Å². The zero-order chi connectivity index (χ0) is 20.1. The van der Waals surface area contributed by atoms with Gasteiger partial charge in [0.1, 0.15) is 0 Å². The number of carbonyl (C=O) groups is 2. The van der Waals surface area contributed by atoms with E-state index in [0.29, 0.717) is 17.4 Å². The highest BCUT2D eigenvalue weighted by atomic mass is 35.5.